The largest absolute Gasteiger partial charge is 0.481 e. The summed E-state index contributed by atoms with van der Waals surface area (Å²) < 4.78 is 0. The molecule has 0 aromatic heterocycles. The number of hydrogen-bond donors (Lipinski definition) is 3. The Kier molecular flexibility index (Phi) is 6.10. The number of rotatable bonds is 6. The van der Waals surface area contributed by atoms with E-state index in [9.17, 15) is 14.4 Å². The molecule has 0 radical (unpaired) electrons. The second-order valence-electron chi connectivity index (χ2n) is 6.03. The van der Waals surface area contributed by atoms with Gasteiger partial charge in [-0.05, 0) is 30.7 Å². The van der Waals surface area contributed by atoms with Gasteiger partial charge < -0.3 is 15.7 Å². The van der Waals surface area contributed by atoms with Crippen molar-refractivity contribution in [2.75, 3.05) is 11.9 Å². The second-order valence-corrected chi connectivity index (χ2v) is 6.03. The maximum atomic E-state index is 12.1. The van der Waals surface area contributed by atoms with Crippen molar-refractivity contribution < 1.29 is 19.5 Å². The van der Waals surface area contributed by atoms with Crippen molar-refractivity contribution in [3.63, 3.8) is 0 Å². The molecule has 0 fully saturated rings. The van der Waals surface area contributed by atoms with E-state index in [0.717, 1.165) is 0 Å². The molecule has 1 rings (SSSR count). The number of benzene rings is 1. The van der Waals surface area contributed by atoms with E-state index >= 15 is 0 Å². The Balaban J connectivity index is 2.49. The normalized spacial score (nSPS) is 10.9. The summed E-state index contributed by atoms with van der Waals surface area (Å²) in [6, 6.07) is 6.27. The number of Topliss-reactive ketones (excluding diaryl/α,β-unsaturated/α-hetero) is 1. The fraction of sp³-hybridized carbons (Fsp3) is 0.438. The van der Waals surface area contributed by atoms with Crippen molar-refractivity contribution >= 4 is 23.5 Å². The number of aliphatic carboxylic acids is 1. The molecular weight excluding hydrogens is 284 g/mol. The van der Waals surface area contributed by atoms with Crippen LogP contribution in [0.4, 0.5) is 10.5 Å². The average molecular weight is 306 g/mol. The van der Waals surface area contributed by atoms with E-state index in [1.807, 2.05) is 20.8 Å². The molecule has 0 saturated heterocycles. The number of carboxylic acid groups (broad SMARTS) is 1. The number of amides is 2. The van der Waals surface area contributed by atoms with Crippen LogP contribution in [-0.2, 0) is 4.79 Å². The van der Waals surface area contributed by atoms with E-state index in [4.69, 9.17) is 5.11 Å². The molecule has 0 aliphatic rings. The summed E-state index contributed by atoms with van der Waals surface area (Å²) >= 11 is 0. The number of anilines is 1. The zero-order valence-corrected chi connectivity index (χ0v) is 13.1. The van der Waals surface area contributed by atoms with Crippen LogP contribution in [0.25, 0.3) is 0 Å². The molecule has 0 heterocycles. The second kappa shape index (κ2) is 7.59. The number of carbonyl (C=O) groups is 3. The fourth-order valence-electron chi connectivity index (χ4n) is 1.75. The van der Waals surface area contributed by atoms with Gasteiger partial charge in [-0.15, -0.1) is 0 Å². The standard InChI is InChI=1S/C16H22N2O4/c1-16(2,3)14(21)11-6-8-12(9-7-11)18-15(22)17-10-4-5-13(19)20/h6-9H,4-5,10H2,1-3H3,(H,19,20)(H2,17,18,22). The van der Waals surface area contributed by atoms with Gasteiger partial charge in [0.25, 0.3) is 0 Å². The molecule has 0 saturated carbocycles. The van der Waals surface area contributed by atoms with Gasteiger partial charge in [-0.2, -0.15) is 0 Å². The number of ketones is 1. The first-order valence-corrected chi connectivity index (χ1v) is 7.11. The molecule has 1 aromatic rings. The van der Waals surface area contributed by atoms with Crippen LogP contribution >= 0.6 is 0 Å². The van der Waals surface area contributed by atoms with Crippen LogP contribution < -0.4 is 10.6 Å². The minimum absolute atomic E-state index is 0.0177. The van der Waals surface area contributed by atoms with Gasteiger partial charge in [0.15, 0.2) is 5.78 Å². The molecule has 6 nitrogen and oxygen atoms in total. The van der Waals surface area contributed by atoms with Gasteiger partial charge in [0.05, 0.1) is 0 Å². The first-order valence-electron chi connectivity index (χ1n) is 7.11. The molecule has 120 valence electrons. The third-order valence-electron chi connectivity index (χ3n) is 2.94. The van der Waals surface area contributed by atoms with Crippen LogP contribution in [0, 0.1) is 5.41 Å². The molecule has 1 aromatic carbocycles. The lowest BCUT2D eigenvalue weighted by molar-refractivity contribution is -0.137. The van der Waals surface area contributed by atoms with Crippen molar-refractivity contribution in [2.45, 2.75) is 33.6 Å². The number of nitrogens with one attached hydrogen (secondary N) is 2. The predicted octanol–water partition coefficient (Wildman–Crippen LogP) is 2.90. The third-order valence-corrected chi connectivity index (χ3v) is 2.94. The van der Waals surface area contributed by atoms with Gasteiger partial charge in [-0.25, -0.2) is 4.79 Å². The van der Waals surface area contributed by atoms with E-state index in [1.165, 1.54) is 0 Å². The summed E-state index contributed by atoms with van der Waals surface area (Å²) in [5, 5.41) is 13.7. The van der Waals surface area contributed by atoms with Crippen LogP contribution in [0.2, 0.25) is 0 Å². The van der Waals surface area contributed by atoms with E-state index < -0.39 is 17.4 Å². The van der Waals surface area contributed by atoms with Crippen LogP contribution in [0.5, 0.6) is 0 Å². The summed E-state index contributed by atoms with van der Waals surface area (Å²) in [4.78, 5) is 34.0. The molecular formula is C16H22N2O4. The zero-order valence-electron chi connectivity index (χ0n) is 13.1. The van der Waals surface area contributed by atoms with Crippen molar-refractivity contribution in [2.24, 2.45) is 5.41 Å². The van der Waals surface area contributed by atoms with E-state index in [0.29, 0.717) is 24.2 Å². The molecule has 0 atom stereocenters. The highest BCUT2D eigenvalue weighted by Crippen LogP contribution is 2.21. The van der Waals surface area contributed by atoms with Crippen LogP contribution in [0.3, 0.4) is 0 Å². The summed E-state index contributed by atoms with van der Waals surface area (Å²) in [6.07, 6.45) is 0.395. The molecule has 2 amide bonds. The minimum Gasteiger partial charge on any atom is -0.481 e. The van der Waals surface area contributed by atoms with Gasteiger partial charge in [0, 0.05) is 29.6 Å². The Morgan fingerprint density at radius 2 is 1.68 bits per heavy atom. The fourth-order valence-corrected chi connectivity index (χ4v) is 1.75. The third kappa shape index (κ3) is 5.95. The number of carboxylic acids is 1. The Hall–Kier alpha value is -2.37. The van der Waals surface area contributed by atoms with E-state index in [2.05, 4.69) is 10.6 Å². The molecule has 0 bridgehead atoms. The monoisotopic (exact) mass is 306 g/mol. The highest BCUT2D eigenvalue weighted by molar-refractivity contribution is 6.00. The smallest absolute Gasteiger partial charge is 0.319 e. The van der Waals surface area contributed by atoms with Crippen LogP contribution in [0.15, 0.2) is 24.3 Å². The van der Waals surface area contributed by atoms with E-state index in [1.54, 1.807) is 24.3 Å². The van der Waals surface area contributed by atoms with Crippen LogP contribution in [-0.4, -0.2) is 29.4 Å². The molecule has 0 spiro atoms. The molecule has 0 unspecified atom stereocenters. The van der Waals surface area contributed by atoms with Crippen molar-refractivity contribution in [3.05, 3.63) is 29.8 Å². The van der Waals surface area contributed by atoms with Crippen LogP contribution in [0.1, 0.15) is 44.0 Å². The zero-order chi connectivity index (χ0) is 16.8. The van der Waals surface area contributed by atoms with Crippen molar-refractivity contribution in [1.29, 1.82) is 0 Å². The van der Waals surface area contributed by atoms with Crippen molar-refractivity contribution in [3.8, 4) is 0 Å². The maximum absolute atomic E-state index is 12.1. The average Bonchev–Trinajstić information content (AvgIpc) is 2.42. The first-order chi connectivity index (χ1) is 10.2. The SMILES string of the molecule is CC(C)(C)C(=O)c1ccc(NC(=O)NCCCC(=O)O)cc1. The first kappa shape index (κ1) is 17.7. The molecule has 6 heteroatoms. The lowest BCUT2D eigenvalue weighted by Gasteiger charge is -2.16. The summed E-state index contributed by atoms with van der Waals surface area (Å²) in [6.45, 7) is 5.85. The summed E-state index contributed by atoms with van der Waals surface area (Å²) in [7, 11) is 0. The topological polar surface area (TPSA) is 95.5 Å². The number of carbonyl (C=O) groups excluding carboxylic acids is 2. The minimum atomic E-state index is -0.888. The Morgan fingerprint density at radius 3 is 2.18 bits per heavy atom. The Labute approximate surface area is 129 Å². The van der Waals surface area contributed by atoms with E-state index in [-0.39, 0.29) is 12.2 Å². The predicted molar refractivity (Wildman–Crippen MR) is 84.1 cm³/mol. The summed E-state index contributed by atoms with van der Waals surface area (Å²) in [5.41, 5.74) is 0.720. The summed E-state index contributed by atoms with van der Waals surface area (Å²) in [5.74, 6) is -0.849. The lowest BCUT2D eigenvalue weighted by Crippen LogP contribution is -2.29. The molecule has 0 aliphatic carbocycles. The highest BCUT2D eigenvalue weighted by Gasteiger charge is 2.22. The van der Waals surface area contributed by atoms with Crippen molar-refractivity contribution in [1.82, 2.24) is 5.32 Å². The Morgan fingerprint density at radius 1 is 1.09 bits per heavy atom. The molecule has 22 heavy (non-hydrogen) atoms. The van der Waals surface area contributed by atoms with Gasteiger partial charge in [-0.3, -0.25) is 9.59 Å². The number of hydrogen-bond acceptors (Lipinski definition) is 3. The van der Waals surface area contributed by atoms with Gasteiger partial charge in [0.2, 0.25) is 0 Å². The lowest BCUT2D eigenvalue weighted by atomic mass is 9.86. The van der Waals surface area contributed by atoms with Gasteiger partial charge in [-0.1, -0.05) is 20.8 Å². The molecule has 3 N–H and O–H groups in total. The number of urea groups is 1. The van der Waals surface area contributed by atoms with Gasteiger partial charge in [0.1, 0.15) is 0 Å². The Bertz CT molecular complexity index is 544. The highest BCUT2D eigenvalue weighted by atomic mass is 16.4. The van der Waals surface area contributed by atoms with Gasteiger partial charge >= 0.3 is 12.0 Å². The molecule has 0 aliphatic heterocycles. The quantitative estimate of drug-likeness (QED) is 0.556. The maximum Gasteiger partial charge on any atom is 0.319 e.